The Labute approximate surface area is 112 Å². The van der Waals surface area contributed by atoms with Crippen LogP contribution in [0.3, 0.4) is 0 Å². The zero-order valence-electron chi connectivity index (χ0n) is 11.0. The van der Waals surface area contributed by atoms with E-state index >= 15 is 0 Å². The van der Waals surface area contributed by atoms with Crippen molar-refractivity contribution in [1.29, 1.82) is 5.39 Å². The van der Waals surface area contributed by atoms with Crippen molar-refractivity contribution in [3.05, 3.63) is 46.1 Å². The molecule has 0 bridgehead atoms. The molecule has 19 heavy (non-hydrogen) atoms. The Bertz CT molecular complexity index is 613. The Hall–Kier alpha value is -2.59. The first-order valence-corrected chi connectivity index (χ1v) is 5.89. The quantitative estimate of drug-likeness (QED) is 0.510. The molecule has 0 aliphatic rings. The van der Waals surface area contributed by atoms with Crippen molar-refractivity contribution in [2.24, 2.45) is 0 Å². The summed E-state index contributed by atoms with van der Waals surface area (Å²) in [5.74, 6) is 5.78. The van der Waals surface area contributed by atoms with Crippen molar-refractivity contribution in [2.75, 3.05) is 0 Å². The molecule has 4 nitrogen and oxygen atoms in total. The van der Waals surface area contributed by atoms with Crippen LogP contribution >= 0.6 is 0 Å². The van der Waals surface area contributed by atoms with Crippen molar-refractivity contribution in [3.8, 4) is 11.8 Å². The van der Waals surface area contributed by atoms with E-state index in [1.54, 1.807) is 24.3 Å². The minimum atomic E-state index is -0.112. The average Bonchev–Trinajstić information content (AvgIpc) is 2.42. The normalized spacial score (nSPS) is 10.8. The van der Waals surface area contributed by atoms with E-state index in [1.807, 2.05) is 0 Å². The van der Waals surface area contributed by atoms with Crippen LogP contribution in [0.15, 0.2) is 30.0 Å². The summed E-state index contributed by atoms with van der Waals surface area (Å²) >= 11 is 0. The maximum atomic E-state index is 10.8. The molecule has 0 aliphatic carbocycles. The highest BCUT2D eigenvalue weighted by molar-refractivity contribution is 5.75. The van der Waals surface area contributed by atoms with Gasteiger partial charge in [-0.25, -0.2) is 0 Å². The van der Waals surface area contributed by atoms with Crippen LogP contribution in [0.5, 0.6) is 0 Å². The summed E-state index contributed by atoms with van der Waals surface area (Å²) in [5, 5.41) is 18.6. The van der Waals surface area contributed by atoms with Gasteiger partial charge >= 0.3 is 5.70 Å². The minimum absolute atomic E-state index is 0.0975. The van der Waals surface area contributed by atoms with Gasteiger partial charge in [-0.05, 0) is 19.1 Å². The molecule has 4 heteroatoms. The molecule has 1 aromatic carbocycles. The Morgan fingerprint density at radius 1 is 1.37 bits per heavy atom. The van der Waals surface area contributed by atoms with Crippen LogP contribution in [0.25, 0.3) is 10.7 Å². The van der Waals surface area contributed by atoms with Gasteiger partial charge in [-0.2, -0.15) is 0 Å². The lowest BCUT2D eigenvalue weighted by Crippen LogP contribution is -1.91. The van der Waals surface area contributed by atoms with Gasteiger partial charge in [0.05, 0.1) is 0 Å². The number of ketones is 1. The summed E-state index contributed by atoms with van der Waals surface area (Å²) < 4.78 is 0. The van der Waals surface area contributed by atoms with Crippen LogP contribution in [0.2, 0.25) is 0 Å². The van der Waals surface area contributed by atoms with Gasteiger partial charge in [0.1, 0.15) is 5.78 Å². The van der Waals surface area contributed by atoms with Gasteiger partial charge in [-0.15, -0.1) is 0 Å². The number of benzene rings is 1. The fourth-order valence-corrected chi connectivity index (χ4v) is 1.44. The van der Waals surface area contributed by atoms with Crippen molar-refractivity contribution < 1.29 is 9.90 Å². The predicted molar refractivity (Wildman–Crippen MR) is 73.5 cm³/mol. The van der Waals surface area contributed by atoms with Crippen molar-refractivity contribution in [2.45, 2.75) is 26.7 Å². The van der Waals surface area contributed by atoms with E-state index in [-0.39, 0.29) is 17.2 Å². The summed E-state index contributed by atoms with van der Waals surface area (Å²) in [6, 6.07) is 7.02. The lowest BCUT2D eigenvalue weighted by atomic mass is 10.0. The number of Topliss-reactive ketones (excluding diaryl/α,β-unsaturated/α-hetero) is 1. The maximum Gasteiger partial charge on any atom is 0.400 e. The van der Waals surface area contributed by atoms with E-state index in [2.05, 4.69) is 16.8 Å². The van der Waals surface area contributed by atoms with Crippen LogP contribution < -0.4 is 0 Å². The van der Waals surface area contributed by atoms with Crippen LogP contribution in [0.1, 0.15) is 37.8 Å². The monoisotopic (exact) mass is 255 g/mol. The van der Waals surface area contributed by atoms with Gasteiger partial charge in [0.25, 0.3) is 0 Å². The van der Waals surface area contributed by atoms with Crippen LogP contribution in [0, 0.1) is 17.2 Å². The number of aliphatic hydroxyl groups excluding tert-OH is 1. The van der Waals surface area contributed by atoms with Gasteiger partial charge < -0.3 is 5.11 Å². The van der Waals surface area contributed by atoms with Gasteiger partial charge in [-0.1, -0.05) is 24.0 Å². The van der Waals surface area contributed by atoms with Crippen LogP contribution in [-0.2, 0) is 4.79 Å². The summed E-state index contributed by atoms with van der Waals surface area (Å²) in [6.45, 7) is 3.02. The third-order valence-electron chi connectivity index (χ3n) is 2.50. The topological polar surface area (TPSA) is 65.4 Å². The summed E-state index contributed by atoms with van der Waals surface area (Å²) in [5.41, 5.74) is 1.26. The Morgan fingerprint density at radius 3 is 2.68 bits per heavy atom. The Balaban J connectivity index is 3.04. The lowest BCUT2D eigenvalue weighted by Gasteiger charge is -2.00. The summed E-state index contributed by atoms with van der Waals surface area (Å²) in [4.78, 5) is 13.8. The number of carbonyl (C=O) groups excluding carboxylic acids is 1. The molecule has 0 spiro atoms. The fraction of sp³-hybridized carbons (Fsp3) is 0.267. The number of hydrogen-bond acceptors (Lipinski definition) is 3. The molecule has 0 amide bonds. The van der Waals surface area contributed by atoms with E-state index in [0.29, 0.717) is 24.0 Å². The molecule has 1 aromatic rings. The zero-order valence-corrected chi connectivity index (χ0v) is 11.0. The number of diazo groups is 1. The van der Waals surface area contributed by atoms with Crippen LogP contribution in [-0.4, -0.2) is 10.9 Å². The lowest BCUT2D eigenvalue weighted by molar-refractivity contribution is -0.116. The number of nitrogens with zero attached hydrogens (tertiary/aromatic N) is 2. The van der Waals surface area contributed by atoms with E-state index < -0.39 is 0 Å². The fourth-order valence-electron chi connectivity index (χ4n) is 1.44. The first-order chi connectivity index (χ1) is 9.06. The third kappa shape index (κ3) is 4.29. The Kier molecular flexibility index (Phi) is 5.32. The first-order valence-electron chi connectivity index (χ1n) is 5.89. The second-order valence-electron chi connectivity index (χ2n) is 4.08. The molecular weight excluding hydrogens is 240 g/mol. The van der Waals surface area contributed by atoms with E-state index in [1.165, 1.54) is 13.8 Å². The number of allylic oxidation sites excluding steroid dienone is 1. The van der Waals surface area contributed by atoms with Gasteiger partial charge in [0, 0.05) is 30.9 Å². The number of carbonyl (C=O) groups is 1. The standard InChI is InChI=1S/C15H14N2O2/c1-11(18)7-3-4-8-13-9-5-6-10-14(13)15(19)12(2)17-16/h5-6,9-10H,3,7H2,1-2H3/p+1. The molecule has 0 aromatic heterocycles. The summed E-state index contributed by atoms with van der Waals surface area (Å²) in [7, 11) is 0. The van der Waals surface area contributed by atoms with Gasteiger partial charge in [-0.3, -0.25) is 4.79 Å². The molecule has 96 valence electrons. The molecule has 0 aliphatic heterocycles. The average molecular weight is 255 g/mol. The molecule has 1 rings (SSSR count). The molecule has 0 saturated carbocycles. The highest BCUT2D eigenvalue weighted by atomic mass is 16.3. The molecule has 0 radical (unpaired) electrons. The number of hydrogen-bond donors (Lipinski definition) is 1. The van der Waals surface area contributed by atoms with Crippen molar-refractivity contribution in [3.63, 3.8) is 0 Å². The van der Waals surface area contributed by atoms with Crippen LogP contribution in [0.4, 0.5) is 0 Å². The van der Waals surface area contributed by atoms with Crippen molar-refractivity contribution >= 4 is 11.5 Å². The molecule has 0 unspecified atom stereocenters. The molecule has 0 fully saturated rings. The van der Waals surface area contributed by atoms with E-state index in [4.69, 9.17) is 5.39 Å². The van der Waals surface area contributed by atoms with Gasteiger partial charge in [0.2, 0.25) is 11.2 Å². The predicted octanol–water partition coefficient (Wildman–Crippen LogP) is 3.51. The van der Waals surface area contributed by atoms with E-state index in [0.717, 1.165) is 0 Å². The molecule has 0 atom stereocenters. The highest BCUT2D eigenvalue weighted by Crippen LogP contribution is 2.20. The SMILES string of the molecule is CC(=O)CCC#Cc1ccccc1C(O)=C(C)[N+]#N. The first kappa shape index (κ1) is 14.5. The second kappa shape index (κ2) is 6.98. The smallest absolute Gasteiger partial charge is 0.400 e. The number of rotatable bonds is 3. The Morgan fingerprint density at radius 2 is 2.05 bits per heavy atom. The highest BCUT2D eigenvalue weighted by Gasteiger charge is 2.15. The van der Waals surface area contributed by atoms with Crippen molar-refractivity contribution in [1.82, 2.24) is 0 Å². The molecular formula is C15H15N2O2+. The number of aliphatic hydroxyl groups is 1. The van der Waals surface area contributed by atoms with E-state index in [9.17, 15) is 9.90 Å². The van der Waals surface area contributed by atoms with Gasteiger partial charge in [0.15, 0.2) is 4.98 Å². The molecule has 1 N–H and O–H groups in total. The molecule has 0 saturated heterocycles. The second-order valence-corrected chi connectivity index (χ2v) is 4.08. The maximum absolute atomic E-state index is 10.8. The largest absolute Gasteiger partial charge is 0.501 e. The third-order valence-corrected chi connectivity index (χ3v) is 2.50. The summed E-state index contributed by atoms with van der Waals surface area (Å²) in [6.07, 6.45) is 0.902. The molecule has 0 heterocycles. The minimum Gasteiger partial charge on any atom is -0.501 e. The zero-order chi connectivity index (χ0) is 14.3.